The van der Waals surface area contributed by atoms with Crippen LogP contribution in [-0.2, 0) is 9.59 Å². The quantitative estimate of drug-likeness (QED) is 0.677. The highest BCUT2D eigenvalue weighted by Crippen LogP contribution is 2.21. The number of likely N-dealkylation sites (tertiary alicyclic amines) is 1. The average molecular weight is 299 g/mol. The van der Waals surface area contributed by atoms with Crippen molar-refractivity contribution in [3.63, 3.8) is 0 Å². The van der Waals surface area contributed by atoms with Crippen LogP contribution in [0.15, 0.2) is 0 Å². The van der Waals surface area contributed by atoms with Gasteiger partial charge in [0.15, 0.2) is 0 Å². The third-order valence-electron chi connectivity index (χ3n) is 3.83. The highest BCUT2D eigenvalue weighted by molar-refractivity contribution is 5.86. The lowest BCUT2D eigenvalue weighted by atomic mass is 9.98. The molecule has 0 aromatic rings. The average Bonchev–Trinajstić information content (AvgIpc) is 2.41. The first-order chi connectivity index (χ1) is 9.82. The summed E-state index contributed by atoms with van der Waals surface area (Å²) in [5, 5.41) is 11.4. The third kappa shape index (κ3) is 5.24. The van der Waals surface area contributed by atoms with Gasteiger partial charge in [-0.1, -0.05) is 13.8 Å². The van der Waals surface area contributed by atoms with E-state index in [2.05, 4.69) is 5.32 Å². The van der Waals surface area contributed by atoms with Gasteiger partial charge in [0.05, 0.1) is 0 Å². The molecule has 0 spiro atoms. The number of nitrogens with two attached hydrogens (primary N) is 1. The molecule has 7 heteroatoms. The van der Waals surface area contributed by atoms with E-state index in [1.165, 1.54) is 0 Å². The van der Waals surface area contributed by atoms with Crippen molar-refractivity contribution in [2.75, 3.05) is 6.54 Å². The molecule has 0 aliphatic carbocycles. The van der Waals surface area contributed by atoms with Crippen LogP contribution in [0.5, 0.6) is 0 Å². The van der Waals surface area contributed by atoms with E-state index in [4.69, 9.17) is 10.8 Å². The van der Waals surface area contributed by atoms with E-state index in [-0.39, 0.29) is 24.4 Å². The monoisotopic (exact) mass is 299 g/mol. The van der Waals surface area contributed by atoms with Crippen LogP contribution in [0.2, 0.25) is 0 Å². The van der Waals surface area contributed by atoms with Crippen LogP contribution in [0.25, 0.3) is 0 Å². The fourth-order valence-corrected chi connectivity index (χ4v) is 2.64. The number of urea groups is 1. The number of nitrogens with zero attached hydrogens (tertiary/aromatic N) is 1. The predicted molar refractivity (Wildman–Crippen MR) is 77.6 cm³/mol. The molecule has 1 fully saturated rings. The topological polar surface area (TPSA) is 113 Å². The van der Waals surface area contributed by atoms with Crippen molar-refractivity contribution < 1.29 is 19.5 Å². The van der Waals surface area contributed by atoms with Crippen molar-refractivity contribution in [3.8, 4) is 0 Å². The van der Waals surface area contributed by atoms with Crippen molar-refractivity contribution in [3.05, 3.63) is 0 Å². The fourth-order valence-electron chi connectivity index (χ4n) is 2.64. The van der Waals surface area contributed by atoms with Gasteiger partial charge in [-0.3, -0.25) is 9.59 Å². The van der Waals surface area contributed by atoms with Gasteiger partial charge in [-0.05, 0) is 31.6 Å². The Hall–Kier alpha value is -1.79. The molecular weight excluding hydrogens is 274 g/mol. The molecule has 2 unspecified atom stereocenters. The Morgan fingerprint density at radius 3 is 2.52 bits per heavy atom. The SMILES string of the molecule is CC(C)C(NC(=O)N1CCCCC1CCC(=O)O)C(N)=O. The minimum atomic E-state index is -0.863. The number of rotatable bonds is 6. The molecule has 2 atom stereocenters. The maximum atomic E-state index is 12.3. The van der Waals surface area contributed by atoms with Crippen LogP contribution >= 0.6 is 0 Å². The molecule has 0 radical (unpaired) electrons. The lowest BCUT2D eigenvalue weighted by Gasteiger charge is -2.36. The largest absolute Gasteiger partial charge is 0.481 e. The van der Waals surface area contributed by atoms with E-state index in [0.29, 0.717) is 13.0 Å². The molecule has 1 heterocycles. The highest BCUT2D eigenvalue weighted by Gasteiger charge is 2.30. The maximum absolute atomic E-state index is 12.3. The lowest BCUT2D eigenvalue weighted by Crippen LogP contribution is -2.55. The summed E-state index contributed by atoms with van der Waals surface area (Å²) in [5.41, 5.74) is 5.30. The number of carbonyl (C=O) groups is 3. The van der Waals surface area contributed by atoms with Gasteiger partial charge in [0, 0.05) is 19.0 Å². The zero-order valence-corrected chi connectivity index (χ0v) is 12.7. The number of nitrogens with one attached hydrogen (secondary N) is 1. The molecule has 1 rings (SSSR count). The Morgan fingerprint density at radius 1 is 1.33 bits per heavy atom. The molecular formula is C14H25N3O4. The summed E-state index contributed by atoms with van der Waals surface area (Å²) < 4.78 is 0. The summed E-state index contributed by atoms with van der Waals surface area (Å²) in [6.45, 7) is 4.21. The van der Waals surface area contributed by atoms with Crippen molar-refractivity contribution >= 4 is 17.9 Å². The van der Waals surface area contributed by atoms with E-state index in [1.807, 2.05) is 13.8 Å². The van der Waals surface area contributed by atoms with Crippen LogP contribution in [0.3, 0.4) is 0 Å². The molecule has 3 amide bonds. The van der Waals surface area contributed by atoms with Gasteiger partial charge in [0.1, 0.15) is 6.04 Å². The number of carboxylic acids is 1. The lowest BCUT2D eigenvalue weighted by molar-refractivity contribution is -0.137. The van der Waals surface area contributed by atoms with Crippen LogP contribution in [0, 0.1) is 5.92 Å². The second-order valence-corrected chi connectivity index (χ2v) is 5.85. The molecule has 7 nitrogen and oxygen atoms in total. The number of amides is 3. The predicted octanol–water partition coefficient (Wildman–Crippen LogP) is 0.925. The van der Waals surface area contributed by atoms with Crippen LogP contribution < -0.4 is 11.1 Å². The molecule has 0 saturated carbocycles. The molecule has 0 aromatic heterocycles. The van der Waals surface area contributed by atoms with Crippen LogP contribution in [0.1, 0.15) is 46.0 Å². The maximum Gasteiger partial charge on any atom is 0.318 e. The summed E-state index contributed by atoms with van der Waals surface area (Å²) in [6, 6.07) is -1.13. The first-order valence-corrected chi connectivity index (χ1v) is 7.41. The summed E-state index contributed by atoms with van der Waals surface area (Å²) in [5.74, 6) is -1.51. The molecule has 0 bridgehead atoms. The van der Waals surface area contributed by atoms with Crippen molar-refractivity contribution in [1.29, 1.82) is 0 Å². The second kappa shape index (κ2) is 7.85. The molecule has 21 heavy (non-hydrogen) atoms. The number of hydrogen-bond acceptors (Lipinski definition) is 3. The number of carbonyl (C=O) groups excluding carboxylic acids is 2. The Kier molecular flexibility index (Phi) is 6.45. The Bertz CT molecular complexity index is 398. The summed E-state index contributed by atoms with van der Waals surface area (Å²) in [4.78, 5) is 36.0. The smallest absolute Gasteiger partial charge is 0.318 e. The standard InChI is InChI=1S/C14H25N3O4/c1-9(2)12(13(15)20)16-14(21)17-8-4-3-5-10(17)6-7-11(18)19/h9-10,12H,3-8H2,1-2H3,(H2,15,20)(H,16,21)(H,18,19). The second-order valence-electron chi connectivity index (χ2n) is 5.85. The number of hydrogen-bond donors (Lipinski definition) is 3. The van der Waals surface area contributed by atoms with E-state index >= 15 is 0 Å². The van der Waals surface area contributed by atoms with E-state index in [0.717, 1.165) is 19.3 Å². The molecule has 1 aliphatic rings. The first-order valence-electron chi connectivity index (χ1n) is 7.41. The van der Waals surface area contributed by atoms with Crippen LogP contribution in [0.4, 0.5) is 4.79 Å². The fraction of sp³-hybridized carbons (Fsp3) is 0.786. The zero-order chi connectivity index (χ0) is 16.0. The van der Waals surface area contributed by atoms with Gasteiger partial charge in [-0.2, -0.15) is 0 Å². The molecule has 1 saturated heterocycles. The molecule has 4 N–H and O–H groups in total. The summed E-state index contributed by atoms with van der Waals surface area (Å²) in [7, 11) is 0. The third-order valence-corrected chi connectivity index (χ3v) is 3.83. The number of aliphatic carboxylic acids is 1. The zero-order valence-electron chi connectivity index (χ0n) is 12.7. The Morgan fingerprint density at radius 2 is 2.00 bits per heavy atom. The van der Waals surface area contributed by atoms with Crippen molar-refractivity contribution in [2.24, 2.45) is 11.7 Å². The van der Waals surface area contributed by atoms with Gasteiger partial charge >= 0.3 is 12.0 Å². The van der Waals surface area contributed by atoms with Gasteiger partial charge in [0.25, 0.3) is 0 Å². The van der Waals surface area contributed by atoms with Crippen LogP contribution in [-0.4, -0.2) is 46.5 Å². The van der Waals surface area contributed by atoms with Crippen molar-refractivity contribution in [2.45, 2.75) is 58.0 Å². The highest BCUT2D eigenvalue weighted by atomic mass is 16.4. The van der Waals surface area contributed by atoms with E-state index in [9.17, 15) is 14.4 Å². The van der Waals surface area contributed by atoms with E-state index < -0.39 is 17.9 Å². The number of primary amides is 1. The summed E-state index contributed by atoms with van der Waals surface area (Å²) >= 11 is 0. The number of carboxylic acid groups (broad SMARTS) is 1. The molecule has 120 valence electrons. The van der Waals surface area contributed by atoms with E-state index in [1.54, 1.807) is 4.90 Å². The van der Waals surface area contributed by atoms with Gasteiger partial charge in [-0.15, -0.1) is 0 Å². The Balaban J connectivity index is 2.67. The van der Waals surface area contributed by atoms with Gasteiger partial charge in [-0.25, -0.2) is 4.79 Å². The summed E-state index contributed by atoms with van der Waals surface area (Å²) in [6.07, 6.45) is 3.14. The Labute approximate surface area is 124 Å². The van der Waals surface area contributed by atoms with Gasteiger partial charge < -0.3 is 21.1 Å². The molecule has 1 aliphatic heterocycles. The number of piperidine rings is 1. The minimum absolute atomic E-state index is 0.0396. The van der Waals surface area contributed by atoms with Gasteiger partial charge in [0.2, 0.25) is 5.91 Å². The molecule has 0 aromatic carbocycles. The minimum Gasteiger partial charge on any atom is -0.481 e. The first kappa shape index (κ1) is 17.3. The normalized spacial score (nSPS) is 20.1. The van der Waals surface area contributed by atoms with Crippen molar-refractivity contribution in [1.82, 2.24) is 10.2 Å².